The van der Waals surface area contributed by atoms with Gasteiger partial charge in [0.25, 0.3) is 0 Å². The highest BCUT2D eigenvalue weighted by atomic mass is 16.5. The van der Waals surface area contributed by atoms with Crippen LogP contribution in [0.5, 0.6) is 11.5 Å². The van der Waals surface area contributed by atoms with Crippen molar-refractivity contribution in [2.75, 3.05) is 7.11 Å². The van der Waals surface area contributed by atoms with Crippen LogP contribution in [0.25, 0.3) is 22.3 Å². The Morgan fingerprint density at radius 3 is 2.35 bits per heavy atom. The Morgan fingerprint density at radius 1 is 1.00 bits per heavy atom. The third-order valence-electron chi connectivity index (χ3n) is 3.46. The molecular formula is C19H18O4. The van der Waals surface area contributed by atoms with E-state index >= 15 is 0 Å². The van der Waals surface area contributed by atoms with E-state index in [1.165, 1.54) is 0 Å². The molecule has 0 unspecified atom stereocenters. The van der Waals surface area contributed by atoms with E-state index in [1.54, 1.807) is 19.2 Å². The van der Waals surface area contributed by atoms with Crippen LogP contribution in [0, 0.1) is 0 Å². The maximum atomic E-state index is 12.8. The van der Waals surface area contributed by atoms with E-state index in [0.29, 0.717) is 16.7 Å². The Labute approximate surface area is 134 Å². The zero-order valence-electron chi connectivity index (χ0n) is 13.3. The topological polar surface area (TPSA) is 48.7 Å². The molecule has 1 heterocycles. The van der Waals surface area contributed by atoms with Gasteiger partial charge in [-0.3, -0.25) is 4.79 Å². The average Bonchev–Trinajstić information content (AvgIpc) is 2.57. The van der Waals surface area contributed by atoms with Crippen molar-refractivity contribution < 1.29 is 13.9 Å². The van der Waals surface area contributed by atoms with Gasteiger partial charge >= 0.3 is 0 Å². The summed E-state index contributed by atoms with van der Waals surface area (Å²) in [6, 6.07) is 14.5. The third kappa shape index (κ3) is 2.93. The summed E-state index contributed by atoms with van der Waals surface area (Å²) in [4.78, 5) is 12.8. The summed E-state index contributed by atoms with van der Waals surface area (Å²) in [5.74, 6) is 1.41. The lowest BCUT2D eigenvalue weighted by atomic mass is 10.1. The zero-order valence-corrected chi connectivity index (χ0v) is 13.3. The van der Waals surface area contributed by atoms with Gasteiger partial charge in [-0.2, -0.15) is 0 Å². The van der Waals surface area contributed by atoms with E-state index in [1.807, 2.05) is 50.2 Å². The van der Waals surface area contributed by atoms with Gasteiger partial charge in [0.05, 0.1) is 18.6 Å². The lowest BCUT2D eigenvalue weighted by Gasteiger charge is -2.14. The Morgan fingerprint density at radius 2 is 1.70 bits per heavy atom. The van der Waals surface area contributed by atoms with E-state index < -0.39 is 0 Å². The minimum atomic E-state index is -0.161. The molecule has 0 amide bonds. The fourth-order valence-corrected chi connectivity index (χ4v) is 2.40. The molecule has 2 aromatic carbocycles. The smallest absolute Gasteiger partial charge is 0.235 e. The molecule has 0 fully saturated rings. The van der Waals surface area contributed by atoms with Crippen molar-refractivity contribution in [1.82, 2.24) is 0 Å². The van der Waals surface area contributed by atoms with Gasteiger partial charge < -0.3 is 13.9 Å². The van der Waals surface area contributed by atoms with Gasteiger partial charge in [0.2, 0.25) is 11.2 Å². The first-order valence-corrected chi connectivity index (χ1v) is 7.47. The molecule has 0 saturated heterocycles. The number of methoxy groups -OCH3 is 1. The molecule has 4 heteroatoms. The molecule has 0 atom stereocenters. The summed E-state index contributed by atoms with van der Waals surface area (Å²) < 4.78 is 16.9. The SMILES string of the molecule is COc1ccc(-c2oc3ccccc3c(=O)c2OC(C)C)cc1. The van der Waals surface area contributed by atoms with Crippen molar-refractivity contribution in [3.63, 3.8) is 0 Å². The van der Waals surface area contributed by atoms with Gasteiger partial charge in [-0.25, -0.2) is 0 Å². The second-order valence-corrected chi connectivity index (χ2v) is 5.48. The standard InChI is InChI=1S/C19H18O4/c1-12(2)22-19-17(20)15-6-4-5-7-16(15)23-18(19)13-8-10-14(21-3)11-9-13/h4-12H,1-3H3. The molecule has 3 aromatic rings. The summed E-state index contributed by atoms with van der Waals surface area (Å²) in [7, 11) is 1.61. The normalized spacial score (nSPS) is 11.0. The van der Waals surface area contributed by atoms with Crippen LogP contribution in [0.2, 0.25) is 0 Å². The van der Waals surface area contributed by atoms with E-state index in [0.717, 1.165) is 11.3 Å². The van der Waals surface area contributed by atoms with Gasteiger partial charge in [-0.1, -0.05) is 12.1 Å². The fraction of sp³-hybridized carbons (Fsp3) is 0.211. The molecule has 1 aromatic heterocycles. The second-order valence-electron chi connectivity index (χ2n) is 5.48. The van der Waals surface area contributed by atoms with Gasteiger partial charge in [-0.15, -0.1) is 0 Å². The molecule has 4 nitrogen and oxygen atoms in total. The van der Waals surface area contributed by atoms with Crippen molar-refractivity contribution in [2.45, 2.75) is 20.0 Å². The number of fused-ring (bicyclic) bond motifs is 1. The molecule has 0 spiro atoms. The third-order valence-corrected chi connectivity index (χ3v) is 3.46. The van der Waals surface area contributed by atoms with E-state index in [9.17, 15) is 4.79 Å². The summed E-state index contributed by atoms with van der Waals surface area (Å²) in [5.41, 5.74) is 1.15. The van der Waals surface area contributed by atoms with Gasteiger partial charge in [0.15, 0.2) is 5.76 Å². The zero-order chi connectivity index (χ0) is 16.4. The molecule has 0 radical (unpaired) electrons. The Balaban J connectivity index is 2.26. The van der Waals surface area contributed by atoms with Crippen LogP contribution < -0.4 is 14.9 Å². The molecule has 0 aliphatic carbocycles. The lowest BCUT2D eigenvalue weighted by Crippen LogP contribution is -2.15. The molecule has 0 N–H and O–H groups in total. The van der Waals surface area contributed by atoms with Crippen LogP contribution in [0.4, 0.5) is 0 Å². The van der Waals surface area contributed by atoms with Gasteiger partial charge in [-0.05, 0) is 50.2 Å². The largest absolute Gasteiger partial charge is 0.497 e. The summed E-state index contributed by atoms with van der Waals surface area (Å²) in [5, 5.41) is 0.514. The highest BCUT2D eigenvalue weighted by Gasteiger charge is 2.18. The van der Waals surface area contributed by atoms with E-state index in [-0.39, 0.29) is 17.3 Å². The lowest BCUT2D eigenvalue weighted by molar-refractivity contribution is 0.236. The highest BCUT2D eigenvalue weighted by Crippen LogP contribution is 2.32. The first-order valence-electron chi connectivity index (χ1n) is 7.47. The van der Waals surface area contributed by atoms with Crippen LogP contribution in [-0.4, -0.2) is 13.2 Å². The number of hydrogen-bond donors (Lipinski definition) is 0. The monoisotopic (exact) mass is 310 g/mol. The Bertz CT molecular complexity index is 876. The van der Waals surface area contributed by atoms with Crippen LogP contribution >= 0.6 is 0 Å². The molecule has 3 rings (SSSR count). The number of ether oxygens (including phenoxy) is 2. The summed E-state index contributed by atoms with van der Waals surface area (Å²) >= 11 is 0. The van der Waals surface area contributed by atoms with Gasteiger partial charge in [0.1, 0.15) is 11.3 Å². The van der Waals surface area contributed by atoms with E-state index in [2.05, 4.69) is 0 Å². The molecule has 0 saturated carbocycles. The molecule has 0 aliphatic rings. The molecule has 0 bridgehead atoms. The van der Waals surface area contributed by atoms with Crippen molar-refractivity contribution >= 4 is 11.0 Å². The van der Waals surface area contributed by atoms with Crippen molar-refractivity contribution in [2.24, 2.45) is 0 Å². The summed E-state index contributed by atoms with van der Waals surface area (Å²) in [6.07, 6.45) is -0.129. The molecule has 0 aliphatic heterocycles. The minimum absolute atomic E-state index is 0.129. The molecular weight excluding hydrogens is 292 g/mol. The summed E-state index contributed by atoms with van der Waals surface area (Å²) in [6.45, 7) is 3.76. The van der Waals surface area contributed by atoms with E-state index in [4.69, 9.17) is 13.9 Å². The van der Waals surface area contributed by atoms with Crippen LogP contribution in [0.15, 0.2) is 57.7 Å². The Hall–Kier alpha value is -2.75. The van der Waals surface area contributed by atoms with Crippen LogP contribution in [-0.2, 0) is 0 Å². The number of para-hydroxylation sites is 1. The maximum absolute atomic E-state index is 12.8. The number of rotatable bonds is 4. The fourth-order valence-electron chi connectivity index (χ4n) is 2.40. The quantitative estimate of drug-likeness (QED) is 0.722. The van der Waals surface area contributed by atoms with Crippen LogP contribution in [0.3, 0.4) is 0 Å². The first kappa shape index (κ1) is 15.2. The number of hydrogen-bond acceptors (Lipinski definition) is 4. The second kappa shape index (κ2) is 6.16. The first-order chi connectivity index (χ1) is 11.1. The highest BCUT2D eigenvalue weighted by molar-refractivity contribution is 5.82. The molecule has 118 valence electrons. The Kier molecular flexibility index (Phi) is 4.06. The number of benzene rings is 2. The maximum Gasteiger partial charge on any atom is 0.235 e. The predicted molar refractivity (Wildman–Crippen MR) is 90.2 cm³/mol. The average molecular weight is 310 g/mol. The van der Waals surface area contributed by atoms with Crippen molar-refractivity contribution in [1.29, 1.82) is 0 Å². The van der Waals surface area contributed by atoms with Crippen LogP contribution in [0.1, 0.15) is 13.8 Å². The molecule has 23 heavy (non-hydrogen) atoms. The predicted octanol–water partition coefficient (Wildman–Crippen LogP) is 4.26. The van der Waals surface area contributed by atoms with Gasteiger partial charge in [0, 0.05) is 5.56 Å². The van der Waals surface area contributed by atoms with Crippen molar-refractivity contribution in [3.05, 3.63) is 58.8 Å². The van der Waals surface area contributed by atoms with Crippen molar-refractivity contribution in [3.8, 4) is 22.8 Å². The minimum Gasteiger partial charge on any atom is -0.497 e.